The summed E-state index contributed by atoms with van der Waals surface area (Å²) in [4.78, 5) is 53.7. The van der Waals surface area contributed by atoms with Crippen LogP contribution in [0.5, 0.6) is 0 Å². The van der Waals surface area contributed by atoms with E-state index < -0.39 is 51.2 Å². The lowest BCUT2D eigenvalue weighted by Crippen LogP contribution is -2.45. The Labute approximate surface area is 189 Å². The molecule has 2 rings (SSSR count). The van der Waals surface area contributed by atoms with Gasteiger partial charge >= 0.3 is 0 Å². The third kappa shape index (κ3) is 5.47. The number of allylic oxidation sites excluding steroid dienone is 1. The van der Waals surface area contributed by atoms with E-state index in [0.29, 0.717) is 0 Å². The number of rotatable bonds is 7. The first-order valence-electron chi connectivity index (χ1n) is 10.5. The maximum absolute atomic E-state index is 13.8. The molecule has 0 aromatic heterocycles. The Morgan fingerprint density at radius 2 is 1.03 bits per heavy atom. The smallest absolute Gasteiger partial charge is 0.200 e. The van der Waals surface area contributed by atoms with Crippen molar-refractivity contribution in [3.63, 3.8) is 0 Å². The lowest BCUT2D eigenvalue weighted by molar-refractivity contribution is -0.145. The van der Waals surface area contributed by atoms with E-state index >= 15 is 0 Å². The van der Waals surface area contributed by atoms with Crippen LogP contribution < -0.4 is 0 Å². The normalized spacial score (nSPS) is 12.8. The van der Waals surface area contributed by atoms with Crippen LogP contribution in [0.3, 0.4) is 0 Å². The van der Waals surface area contributed by atoms with Gasteiger partial charge in [0, 0.05) is 22.0 Å². The van der Waals surface area contributed by atoms with Crippen molar-refractivity contribution in [3.05, 3.63) is 77.4 Å². The number of aliphatic hydroxyl groups excluding tert-OH is 1. The van der Waals surface area contributed by atoms with Crippen molar-refractivity contribution in [2.45, 2.75) is 41.5 Å². The number of aliphatic hydroxyl groups is 1. The molecule has 5 heteroatoms. The van der Waals surface area contributed by atoms with E-state index in [2.05, 4.69) is 0 Å². The predicted molar refractivity (Wildman–Crippen MR) is 124 cm³/mol. The van der Waals surface area contributed by atoms with Crippen molar-refractivity contribution in [2.24, 2.45) is 16.7 Å². The van der Waals surface area contributed by atoms with Gasteiger partial charge in [-0.2, -0.15) is 0 Å². The molecule has 0 aliphatic carbocycles. The van der Waals surface area contributed by atoms with Gasteiger partial charge < -0.3 is 5.11 Å². The Morgan fingerprint density at radius 3 is 1.41 bits per heavy atom. The van der Waals surface area contributed by atoms with E-state index in [1.165, 1.54) is 12.1 Å². The van der Waals surface area contributed by atoms with Gasteiger partial charge in [0.1, 0.15) is 17.3 Å². The number of carbonyl (C=O) groups is 4. The molecule has 0 fully saturated rings. The second kappa shape index (κ2) is 9.43. The van der Waals surface area contributed by atoms with Crippen LogP contribution in [-0.2, 0) is 14.4 Å². The molecule has 0 aliphatic heterocycles. The molecule has 0 bridgehead atoms. The van der Waals surface area contributed by atoms with Crippen molar-refractivity contribution in [1.82, 2.24) is 0 Å². The van der Waals surface area contributed by atoms with Gasteiger partial charge in [0.2, 0.25) is 0 Å². The molecule has 0 spiro atoms. The van der Waals surface area contributed by atoms with Gasteiger partial charge in [0.05, 0.1) is 0 Å². The van der Waals surface area contributed by atoms with Gasteiger partial charge in [-0.25, -0.2) is 0 Å². The maximum Gasteiger partial charge on any atom is 0.200 e. The van der Waals surface area contributed by atoms with Gasteiger partial charge in [-0.15, -0.1) is 0 Å². The summed E-state index contributed by atoms with van der Waals surface area (Å²) in [5.74, 6) is -5.19. The molecule has 0 radical (unpaired) electrons. The molecular formula is C27H30O5. The molecule has 0 saturated carbocycles. The van der Waals surface area contributed by atoms with Crippen LogP contribution in [0.2, 0.25) is 0 Å². The summed E-state index contributed by atoms with van der Waals surface area (Å²) in [5, 5.41) is 11.0. The Morgan fingerprint density at radius 1 is 0.656 bits per heavy atom. The topological polar surface area (TPSA) is 88.5 Å². The fraction of sp³-hybridized carbons (Fsp3) is 0.333. The van der Waals surface area contributed by atoms with E-state index in [4.69, 9.17) is 0 Å². The highest BCUT2D eigenvalue weighted by atomic mass is 16.3. The largest absolute Gasteiger partial charge is 0.506 e. The van der Waals surface area contributed by atoms with Gasteiger partial charge in [-0.3, -0.25) is 19.2 Å². The van der Waals surface area contributed by atoms with E-state index in [0.717, 1.165) is 0 Å². The SMILES string of the molecule is CC(C)(C)C(=O)C(C(=O)/C(C(=O)c1ccccc1)=C(\O)c1ccccc1)C(=O)C(C)(C)C. The summed E-state index contributed by atoms with van der Waals surface area (Å²) in [5.41, 5.74) is -2.17. The third-order valence-corrected chi connectivity index (χ3v) is 5.06. The predicted octanol–water partition coefficient (Wildman–Crippen LogP) is 5.25. The summed E-state index contributed by atoms with van der Waals surface area (Å²) in [6.07, 6.45) is 0. The van der Waals surface area contributed by atoms with Crippen LogP contribution in [0, 0.1) is 16.7 Å². The van der Waals surface area contributed by atoms with E-state index in [1.807, 2.05) is 0 Å². The summed E-state index contributed by atoms with van der Waals surface area (Å²) in [7, 11) is 0. The highest BCUT2D eigenvalue weighted by Gasteiger charge is 2.46. The minimum Gasteiger partial charge on any atom is -0.506 e. The van der Waals surface area contributed by atoms with E-state index in [9.17, 15) is 24.3 Å². The molecule has 168 valence electrons. The molecule has 0 unspecified atom stereocenters. The Kier molecular flexibility index (Phi) is 7.34. The second-order valence-corrected chi connectivity index (χ2v) is 9.81. The zero-order valence-electron chi connectivity index (χ0n) is 19.4. The van der Waals surface area contributed by atoms with Crippen molar-refractivity contribution in [3.8, 4) is 0 Å². The lowest BCUT2D eigenvalue weighted by Gasteiger charge is -2.28. The van der Waals surface area contributed by atoms with Crippen molar-refractivity contribution >= 4 is 28.9 Å². The first kappa shape index (κ1) is 24.9. The number of hydrogen-bond acceptors (Lipinski definition) is 5. The van der Waals surface area contributed by atoms with E-state index in [1.54, 1.807) is 90.1 Å². The quantitative estimate of drug-likeness (QED) is 0.211. The molecule has 5 nitrogen and oxygen atoms in total. The zero-order valence-corrected chi connectivity index (χ0v) is 19.4. The van der Waals surface area contributed by atoms with Gasteiger partial charge in [-0.05, 0) is 0 Å². The molecule has 1 N–H and O–H groups in total. The van der Waals surface area contributed by atoms with Crippen LogP contribution in [0.4, 0.5) is 0 Å². The summed E-state index contributed by atoms with van der Waals surface area (Å²) in [6.45, 7) is 9.70. The average molecular weight is 435 g/mol. The summed E-state index contributed by atoms with van der Waals surface area (Å²) >= 11 is 0. The summed E-state index contributed by atoms with van der Waals surface area (Å²) in [6, 6.07) is 16.1. The Bertz CT molecular complexity index is 1020. The maximum atomic E-state index is 13.8. The van der Waals surface area contributed by atoms with Gasteiger partial charge in [0.25, 0.3) is 0 Å². The van der Waals surface area contributed by atoms with Crippen molar-refractivity contribution in [1.29, 1.82) is 0 Å². The van der Waals surface area contributed by atoms with Crippen LogP contribution in [-0.4, -0.2) is 28.2 Å². The fourth-order valence-corrected chi connectivity index (χ4v) is 3.18. The van der Waals surface area contributed by atoms with Crippen molar-refractivity contribution in [2.75, 3.05) is 0 Å². The number of carbonyl (C=O) groups excluding carboxylic acids is 4. The highest BCUT2D eigenvalue weighted by molar-refractivity contribution is 6.38. The number of hydrogen-bond donors (Lipinski definition) is 1. The molecule has 2 aromatic carbocycles. The average Bonchev–Trinajstić information content (AvgIpc) is 2.73. The Hall–Kier alpha value is -3.34. The molecule has 0 atom stereocenters. The Balaban J connectivity index is 2.78. The van der Waals surface area contributed by atoms with Gasteiger partial charge in [-0.1, -0.05) is 102 Å². The molecule has 32 heavy (non-hydrogen) atoms. The monoisotopic (exact) mass is 434 g/mol. The van der Waals surface area contributed by atoms with Crippen molar-refractivity contribution < 1.29 is 24.3 Å². The molecular weight excluding hydrogens is 404 g/mol. The molecule has 2 aromatic rings. The standard InChI is InChI=1S/C27H30O5/c1-26(2,3)24(31)20(25(32)27(4,5)6)23(30)19(21(28)17-13-9-7-10-14-17)22(29)18-15-11-8-12-16-18/h7-16,20,28H,1-6H3/b21-19-. The first-order chi connectivity index (χ1) is 14.8. The number of benzene rings is 2. The zero-order chi connectivity index (χ0) is 24.3. The lowest BCUT2D eigenvalue weighted by atomic mass is 9.71. The van der Waals surface area contributed by atoms with Crippen LogP contribution in [0.15, 0.2) is 66.2 Å². The molecule has 0 amide bonds. The number of Topliss-reactive ketones (excluding diaryl/α,β-unsaturated/α-hetero) is 4. The molecule has 0 heterocycles. The minimum atomic E-state index is -1.71. The van der Waals surface area contributed by atoms with E-state index in [-0.39, 0.29) is 11.1 Å². The van der Waals surface area contributed by atoms with Crippen LogP contribution in [0.25, 0.3) is 5.76 Å². The van der Waals surface area contributed by atoms with Crippen LogP contribution >= 0.6 is 0 Å². The molecule has 0 aliphatic rings. The highest BCUT2D eigenvalue weighted by Crippen LogP contribution is 2.32. The minimum absolute atomic E-state index is 0.170. The van der Waals surface area contributed by atoms with Crippen LogP contribution in [0.1, 0.15) is 57.5 Å². The molecule has 0 saturated heterocycles. The summed E-state index contributed by atoms with van der Waals surface area (Å²) < 4.78 is 0. The number of ketones is 4. The fourth-order valence-electron chi connectivity index (χ4n) is 3.18. The second-order valence-electron chi connectivity index (χ2n) is 9.81. The van der Waals surface area contributed by atoms with Gasteiger partial charge in [0.15, 0.2) is 23.1 Å². The third-order valence-electron chi connectivity index (χ3n) is 5.06. The first-order valence-corrected chi connectivity index (χ1v) is 10.5.